The molecule has 1 aromatic heterocycles. The second-order valence-electron chi connectivity index (χ2n) is 8.04. The molecule has 6 heteroatoms. The Morgan fingerprint density at radius 3 is 2.77 bits per heavy atom. The zero-order valence-electron chi connectivity index (χ0n) is 17.5. The van der Waals surface area contributed by atoms with Gasteiger partial charge in [0.2, 0.25) is 0 Å². The number of carbonyl (C=O) groups is 2. The zero-order valence-corrected chi connectivity index (χ0v) is 17.5. The Labute approximate surface area is 181 Å². The fourth-order valence-electron chi connectivity index (χ4n) is 4.42. The summed E-state index contributed by atoms with van der Waals surface area (Å²) in [5, 5.41) is 14.8. The van der Waals surface area contributed by atoms with E-state index in [-0.39, 0.29) is 29.7 Å². The van der Waals surface area contributed by atoms with Crippen molar-refractivity contribution in [3.8, 4) is 0 Å². The second kappa shape index (κ2) is 9.25. The van der Waals surface area contributed by atoms with Crippen LogP contribution in [0.1, 0.15) is 65.4 Å². The van der Waals surface area contributed by atoms with Crippen LogP contribution >= 0.6 is 0 Å². The Morgan fingerprint density at radius 1 is 1.19 bits per heavy atom. The molecule has 4 rings (SSSR count). The number of ketones is 2. The van der Waals surface area contributed by atoms with Crippen LogP contribution in [0.15, 0.2) is 63.8 Å². The molecule has 0 radical (unpaired) electrons. The van der Waals surface area contributed by atoms with E-state index in [1.54, 1.807) is 6.08 Å². The summed E-state index contributed by atoms with van der Waals surface area (Å²) in [6.45, 7) is 4.07. The number of fused-ring (bicyclic) bond motifs is 1. The number of carbonyl (C=O) groups excluding carboxylic acids is 2. The lowest BCUT2D eigenvalue weighted by molar-refractivity contribution is -0.115. The quantitative estimate of drug-likeness (QED) is 0.417. The lowest BCUT2D eigenvalue weighted by atomic mass is 9.81. The molecule has 1 saturated carbocycles. The molecule has 1 aromatic carbocycles. The molecule has 2 aliphatic rings. The minimum atomic E-state index is -0.0875. The van der Waals surface area contributed by atoms with Gasteiger partial charge in [0, 0.05) is 37.8 Å². The largest absolute Gasteiger partial charge is 0.511 e. The molecule has 0 amide bonds. The number of Topliss-reactive ketones (excluding diaryl/α,β-unsaturated/α-hetero) is 2. The summed E-state index contributed by atoms with van der Waals surface area (Å²) in [6.07, 6.45) is 5.05. The van der Waals surface area contributed by atoms with Crippen LogP contribution in [0.3, 0.4) is 0 Å². The maximum atomic E-state index is 12.9. The van der Waals surface area contributed by atoms with Crippen molar-refractivity contribution in [2.45, 2.75) is 50.9 Å². The topological polar surface area (TPSA) is 92.8 Å². The molecule has 0 aliphatic heterocycles. The van der Waals surface area contributed by atoms with E-state index in [2.05, 4.69) is 16.7 Å². The van der Waals surface area contributed by atoms with Crippen molar-refractivity contribution in [2.24, 2.45) is 4.99 Å². The first-order valence-electron chi connectivity index (χ1n) is 10.7. The van der Waals surface area contributed by atoms with E-state index in [0.717, 1.165) is 12.0 Å². The van der Waals surface area contributed by atoms with Gasteiger partial charge >= 0.3 is 0 Å². The predicted molar refractivity (Wildman–Crippen MR) is 118 cm³/mol. The number of hydrogen-bond acceptors (Lipinski definition) is 6. The Balaban J connectivity index is 1.52. The molecule has 1 heterocycles. The number of nitrogens with zero attached hydrogens (tertiary/aromatic N) is 2. The lowest BCUT2D eigenvalue weighted by Gasteiger charge is -2.20. The lowest BCUT2D eigenvalue weighted by Crippen LogP contribution is -2.22. The Kier molecular flexibility index (Phi) is 6.26. The van der Waals surface area contributed by atoms with E-state index in [1.165, 1.54) is 0 Å². The van der Waals surface area contributed by atoms with Crippen LogP contribution in [0, 0.1) is 0 Å². The number of allylic oxidation sites excluding steroid dienone is 2. The van der Waals surface area contributed by atoms with Crippen molar-refractivity contribution < 1.29 is 19.2 Å². The molecule has 1 atom stereocenters. The Hall–Kier alpha value is -3.28. The smallest absolute Gasteiger partial charge is 0.168 e. The summed E-state index contributed by atoms with van der Waals surface area (Å²) in [5.74, 6) is 0.626. The maximum absolute atomic E-state index is 12.9. The van der Waals surface area contributed by atoms with Gasteiger partial charge in [0.05, 0.1) is 23.4 Å². The molecule has 1 N–H and O–H groups in total. The Bertz CT molecular complexity index is 1060. The Morgan fingerprint density at radius 2 is 2.00 bits per heavy atom. The maximum Gasteiger partial charge on any atom is 0.168 e. The van der Waals surface area contributed by atoms with Gasteiger partial charge in [0.1, 0.15) is 11.5 Å². The third-order valence-corrected chi connectivity index (χ3v) is 5.93. The van der Waals surface area contributed by atoms with Crippen LogP contribution < -0.4 is 0 Å². The highest BCUT2D eigenvalue weighted by molar-refractivity contribution is 6.24. The summed E-state index contributed by atoms with van der Waals surface area (Å²) >= 11 is 0. The molecule has 6 nitrogen and oxygen atoms in total. The van der Waals surface area contributed by atoms with E-state index in [0.29, 0.717) is 67.0 Å². The van der Waals surface area contributed by atoms with E-state index in [1.807, 2.05) is 30.3 Å². The minimum Gasteiger partial charge on any atom is -0.511 e. The van der Waals surface area contributed by atoms with Gasteiger partial charge in [0.25, 0.3) is 0 Å². The van der Waals surface area contributed by atoms with Crippen LogP contribution in [0.2, 0.25) is 0 Å². The van der Waals surface area contributed by atoms with Crippen LogP contribution in [0.4, 0.5) is 0 Å². The number of aliphatic hydroxyl groups is 1. The van der Waals surface area contributed by atoms with Gasteiger partial charge in [0.15, 0.2) is 11.6 Å². The number of rotatable bonds is 6. The van der Waals surface area contributed by atoms with Crippen LogP contribution in [-0.2, 0) is 17.6 Å². The fourth-order valence-corrected chi connectivity index (χ4v) is 4.42. The molecule has 0 spiro atoms. The van der Waals surface area contributed by atoms with Crippen molar-refractivity contribution in [1.29, 1.82) is 0 Å². The molecule has 2 aromatic rings. The van der Waals surface area contributed by atoms with Crippen molar-refractivity contribution in [3.63, 3.8) is 0 Å². The van der Waals surface area contributed by atoms with Crippen molar-refractivity contribution in [2.75, 3.05) is 6.54 Å². The third kappa shape index (κ3) is 4.43. The van der Waals surface area contributed by atoms with E-state index in [4.69, 9.17) is 4.52 Å². The van der Waals surface area contributed by atoms with Crippen molar-refractivity contribution >= 4 is 17.3 Å². The average molecular weight is 418 g/mol. The number of aliphatic imine (C=N–C) groups is 1. The third-order valence-electron chi connectivity index (χ3n) is 5.93. The minimum absolute atomic E-state index is 0.00897. The highest BCUT2D eigenvalue weighted by Gasteiger charge is 2.33. The molecular weight excluding hydrogens is 392 g/mol. The van der Waals surface area contributed by atoms with Gasteiger partial charge in [-0.15, -0.1) is 6.58 Å². The van der Waals surface area contributed by atoms with E-state index >= 15 is 0 Å². The van der Waals surface area contributed by atoms with Crippen molar-refractivity contribution in [3.05, 3.63) is 76.9 Å². The molecule has 0 saturated heterocycles. The number of hydrogen-bond donors (Lipinski definition) is 1. The molecular formula is C25H26N2O4. The summed E-state index contributed by atoms with van der Waals surface area (Å²) in [6, 6.07) is 9.94. The molecule has 1 fully saturated rings. The van der Waals surface area contributed by atoms with E-state index in [9.17, 15) is 14.7 Å². The normalized spacial score (nSPS) is 21.8. The number of aliphatic hydroxyl groups excluding tert-OH is 1. The second-order valence-corrected chi connectivity index (χ2v) is 8.04. The zero-order chi connectivity index (χ0) is 21.8. The summed E-state index contributed by atoms with van der Waals surface area (Å²) < 4.78 is 5.51. The van der Waals surface area contributed by atoms with Crippen LogP contribution in [0.5, 0.6) is 0 Å². The van der Waals surface area contributed by atoms with Crippen LogP contribution in [-0.4, -0.2) is 34.1 Å². The monoisotopic (exact) mass is 418 g/mol. The van der Waals surface area contributed by atoms with Gasteiger partial charge in [-0.1, -0.05) is 41.6 Å². The van der Waals surface area contributed by atoms with Crippen LogP contribution in [0.25, 0.3) is 0 Å². The van der Waals surface area contributed by atoms with Gasteiger partial charge in [-0.3, -0.25) is 14.6 Å². The number of aromatic nitrogens is 1. The van der Waals surface area contributed by atoms with Gasteiger partial charge in [-0.25, -0.2) is 0 Å². The van der Waals surface area contributed by atoms with Crippen molar-refractivity contribution in [1.82, 2.24) is 5.16 Å². The SMILES string of the molecule is C=CCN=C1CCCC(=O)/C1=C(\O)CCc1noc2c1C(=O)CC(c1ccccc1)C2. The highest BCUT2D eigenvalue weighted by Crippen LogP contribution is 2.35. The van der Waals surface area contributed by atoms with Gasteiger partial charge in [-0.05, 0) is 24.3 Å². The standard InChI is InChI=1S/C25H26N2O4/c1-2-13-26-18-9-6-10-20(28)24(18)21(29)12-11-19-25-22(30)14-17(15-23(25)31-27-19)16-7-4-3-5-8-16/h2-5,7-8,17,29H,1,6,9-15H2/b24-21-,26-18?. The first kappa shape index (κ1) is 21.0. The predicted octanol–water partition coefficient (Wildman–Crippen LogP) is 4.71. The molecule has 2 aliphatic carbocycles. The molecule has 0 bridgehead atoms. The first-order chi connectivity index (χ1) is 15.1. The highest BCUT2D eigenvalue weighted by atomic mass is 16.5. The molecule has 1 unspecified atom stereocenters. The molecule has 160 valence electrons. The number of aryl methyl sites for hydroxylation is 1. The average Bonchev–Trinajstić information content (AvgIpc) is 3.20. The van der Waals surface area contributed by atoms with Gasteiger partial charge < -0.3 is 9.63 Å². The summed E-state index contributed by atoms with van der Waals surface area (Å²) in [4.78, 5) is 29.7. The van der Waals surface area contributed by atoms with E-state index < -0.39 is 0 Å². The fraction of sp³-hybridized carbons (Fsp3) is 0.360. The summed E-state index contributed by atoms with van der Waals surface area (Å²) in [7, 11) is 0. The molecule has 31 heavy (non-hydrogen) atoms. The first-order valence-corrected chi connectivity index (χ1v) is 10.7. The number of benzene rings is 1. The van der Waals surface area contributed by atoms with Gasteiger partial charge in [-0.2, -0.15) is 0 Å². The summed E-state index contributed by atoms with van der Waals surface area (Å²) in [5.41, 5.74) is 3.16.